The molecule has 0 bridgehead atoms. The van der Waals surface area contributed by atoms with Gasteiger partial charge in [0, 0.05) is 36.8 Å². The van der Waals surface area contributed by atoms with E-state index in [0.717, 1.165) is 16.7 Å². The molecule has 5 heteroatoms. The van der Waals surface area contributed by atoms with Crippen LogP contribution in [0.4, 0.5) is 11.5 Å². The molecular weight excluding hydrogens is 264 g/mol. The second kappa shape index (κ2) is 5.28. The number of nitrogens with one attached hydrogen (secondary N) is 2. The van der Waals surface area contributed by atoms with Crippen LogP contribution in [-0.2, 0) is 0 Å². The van der Waals surface area contributed by atoms with Crippen LogP contribution in [0.2, 0.25) is 0 Å². The zero-order valence-corrected chi connectivity index (χ0v) is 11.9. The molecule has 2 N–H and O–H groups in total. The van der Waals surface area contributed by atoms with Gasteiger partial charge in [-0.25, -0.2) is 4.98 Å². The van der Waals surface area contributed by atoms with Gasteiger partial charge in [0.1, 0.15) is 5.82 Å². The summed E-state index contributed by atoms with van der Waals surface area (Å²) >= 11 is 0. The molecular formula is C16H16N4O. The number of benzene rings is 1. The van der Waals surface area contributed by atoms with Crippen molar-refractivity contribution in [2.24, 2.45) is 0 Å². The van der Waals surface area contributed by atoms with E-state index in [0.29, 0.717) is 11.3 Å². The molecule has 0 saturated heterocycles. The Hall–Kier alpha value is -2.82. The molecule has 21 heavy (non-hydrogen) atoms. The van der Waals surface area contributed by atoms with Crippen LogP contribution in [0.25, 0.3) is 10.9 Å². The number of hydrogen-bond acceptors (Lipinski definition) is 3. The minimum Gasteiger partial charge on any atom is -0.363 e. The maximum absolute atomic E-state index is 12.2. The predicted molar refractivity (Wildman–Crippen MR) is 84.8 cm³/mol. The molecule has 5 nitrogen and oxygen atoms in total. The Morgan fingerprint density at radius 2 is 2.05 bits per heavy atom. The first-order valence-corrected chi connectivity index (χ1v) is 6.65. The van der Waals surface area contributed by atoms with E-state index in [4.69, 9.17) is 0 Å². The summed E-state index contributed by atoms with van der Waals surface area (Å²) in [6, 6.07) is 11.2. The van der Waals surface area contributed by atoms with E-state index in [1.165, 1.54) is 0 Å². The number of hydrogen-bond donors (Lipinski definition) is 2. The second-order valence-corrected chi connectivity index (χ2v) is 5.03. The van der Waals surface area contributed by atoms with Crippen molar-refractivity contribution in [3.63, 3.8) is 0 Å². The van der Waals surface area contributed by atoms with Crippen molar-refractivity contribution in [1.82, 2.24) is 9.97 Å². The van der Waals surface area contributed by atoms with Crippen molar-refractivity contribution in [3.05, 3.63) is 54.4 Å². The SMILES string of the molecule is CN(C)c1ccc(NC(=O)c2ccc3[nH]ccc3c2)cn1. The summed E-state index contributed by atoms with van der Waals surface area (Å²) in [7, 11) is 3.85. The molecule has 0 unspecified atom stereocenters. The van der Waals surface area contributed by atoms with Gasteiger partial charge in [-0.15, -0.1) is 0 Å². The normalized spacial score (nSPS) is 10.6. The topological polar surface area (TPSA) is 61.0 Å². The molecule has 3 aromatic rings. The van der Waals surface area contributed by atoms with Crippen LogP contribution in [0.3, 0.4) is 0 Å². The highest BCUT2D eigenvalue weighted by Gasteiger charge is 2.08. The van der Waals surface area contributed by atoms with Crippen LogP contribution in [0, 0.1) is 0 Å². The van der Waals surface area contributed by atoms with Gasteiger partial charge in [0.25, 0.3) is 5.91 Å². The lowest BCUT2D eigenvalue weighted by Crippen LogP contribution is -2.13. The van der Waals surface area contributed by atoms with Gasteiger partial charge in [-0.3, -0.25) is 4.79 Å². The number of carbonyl (C=O) groups is 1. The number of rotatable bonds is 3. The van der Waals surface area contributed by atoms with Gasteiger partial charge < -0.3 is 15.2 Å². The molecule has 0 aliphatic carbocycles. The smallest absolute Gasteiger partial charge is 0.255 e. The molecule has 106 valence electrons. The molecule has 0 radical (unpaired) electrons. The van der Waals surface area contributed by atoms with E-state index in [1.807, 2.05) is 55.5 Å². The van der Waals surface area contributed by atoms with Crippen molar-refractivity contribution < 1.29 is 4.79 Å². The second-order valence-electron chi connectivity index (χ2n) is 5.03. The van der Waals surface area contributed by atoms with E-state index in [2.05, 4.69) is 15.3 Å². The van der Waals surface area contributed by atoms with Gasteiger partial charge >= 0.3 is 0 Å². The van der Waals surface area contributed by atoms with E-state index in [-0.39, 0.29) is 5.91 Å². The fraction of sp³-hybridized carbons (Fsp3) is 0.125. The van der Waals surface area contributed by atoms with Crippen LogP contribution in [0.5, 0.6) is 0 Å². The lowest BCUT2D eigenvalue weighted by Gasteiger charge is -2.11. The van der Waals surface area contributed by atoms with Gasteiger partial charge in [-0.1, -0.05) is 0 Å². The van der Waals surface area contributed by atoms with Gasteiger partial charge in [0.05, 0.1) is 11.9 Å². The monoisotopic (exact) mass is 280 g/mol. The standard InChI is InChI=1S/C16H16N4O/c1-20(2)15-6-4-13(10-18-15)19-16(21)12-3-5-14-11(9-12)7-8-17-14/h3-10,17H,1-2H3,(H,19,21). The Bertz CT molecular complexity index is 774. The first-order chi connectivity index (χ1) is 10.1. The third kappa shape index (κ3) is 2.72. The number of aromatic nitrogens is 2. The molecule has 1 amide bonds. The third-order valence-electron chi connectivity index (χ3n) is 3.28. The first kappa shape index (κ1) is 13.2. The molecule has 0 aliphatic heterocycles. The summed E-state index contributed by atoms with van der Waals surface area (Å²) in [6.45, 7) is 0. The maximum Gasteiger partial charge on any atom is 0.255 e. The molecule has 0 fully saturated rings. The zero-order chi connectivity index (χ0) is 14.8. The Morgan fingerprint density at radius 3 is 2.76 bits per heavy atom. The van der Waals surface area contributed by atoms with Crippen LogP contribution in [0.1, 0.15) is 10.4 Å². The molecule has 0 spiro atoms. The van der Waals surface area contributed by atoms with Gasteiger partial charge in [-0.05, 0) is 36.4 Å². The van der Waals surface area contributed by atoms with E-state index >= 15 is 0 Å². The first-order valence-electron chi connectivity index (χ1n) is 6.65. The maximum atomic E-state index is 12.2. The molecule has 0 atom stereocenters. The average molecular weight is 280 g/mol. The van der Waals surface area contributed by atoms with Crippen LogP contribution in [0.15, 0.2) is 48.8 Å². The third-order valence-corrected chi connectivity index (χ3v) is 3.28. The lowest BCUT2D eigenvalue weighted by atomic mass is 10.1. The number of amides is 1. The number of pyridine rings is 1. The Kier molecular flexibility index (Phi) is 3.31. The van der Waals surface area contributed by atoms with E-state index < -0.39 is 0 Å². The summed E-state index contributed by atoms with van der Waals surface area (Å²) in [6.07, 6.45) is 3.51. The number of nitrogens with zero attached hydrogens (tertiary/aromatic N) is 2. The summed E-state index contributed by atoms with van der Waals surface area (Å²) in [4.78, 5) is 21.5. The fourth-order valence-corrected chi connectivity index (χ4v) is 2.12. The van der Waals surface area contributed by atoms with Crippen molar-refractivity contribution >= 4 is 28.3 Å². The van der Waals surface area contributed by atoms with Crippen molar-refractivity contribution in [2.45, 2.75) is 0 Å². The van der Waals surface area contributed by atoms with Crippen molar-refractivity contribution in [1.29, 1.82) is 0 Å². The minimum absolute atomic E-state index is 0.141. The van der Waals surface area contributed by atoms with Crippen molar-refractivity contribution in [2.75, 3.05) is 24.3 Å². The van der Waals surface area contributed by atoms with E-state index in [9.17, 15) is 4.79 Å². The van der Waals surface area contributed by atoms with Gasteiger partial charge in [0.2, 0.25) is 0 Å². The number of fused-ring (bicyclic) bond motifs is 1. The lowest BCUT2D eigenvalue weighted by molar-refractivity contribution is 0.102. The molecule has 2 heterocycles. The molecule has 0 aliphatic rings. The number of anilines is 2. The highest BCUT2D eigenvalue weighted by Crippen LogP contribution is 2.16. The van der Waals surface area contributed by atoms with E-state index in [1.54, 1.807) is 12.3 Å². The zero-order valence-electron chi connectivity index (χ0n) is 11.9. The fourth-order valence-electron chi connectivity index (χ4n) is 2.12. The highest BCUT2D eigenvalue weighted by atomic mass is 16.1. The predicted octanol–water partition coefficient (Wildman–Crippen LogP) is 2.88. The molecule has 3 rings (SSSR count). The van der Waals surface area contributed by atoms with Crippen LogP contribution in [-0.4, -0.2) is 30.0 Å². The Morgan fingerprint density at radius 1 is 1.19 bits per heavy atom. The average Bonchev–Trinajstić information content (AvgIpc) is 2.95. The molecule has 2 aromatic heterocycles. The summed E-state index contributed by atoms with van der Waals surface area (Å²) in [5.41, 5.74) is 2.32. The number of H-pyrrole nitrogens is 1. The van der Waals surface area contributed by atoms with Gasteiger partial charge in [0.15, 0.2) is 0 Å². The summed E-state index contributed by atoms with van der Waals surface area (Å²) in [5.74, 6) is 0.708. The van der Waals surface area contributed by atoms with Gasteiger partial charge in [-0.2, -0.15) is 0 Å². The largest absolute Gasteiger partial charge is 0.363 e. The number of carbonyl (C=O) groups excluding carboxylic acids is 1. The Labute approximate surface area is 122 Å². The highest BCUT2D eigenvalue weighted by molar-refractivity contribution is 6.06. The molecule has 0 saturated carbocycles. The van der Waals surface area contributed by atoms with Crippen LogP contribution < -0.4 is 10.2 Å². The molecule has 1 aromatic carbocycles. The minimum atomic E-state index is -0.141. The van der Waals surface area contributed by atoms with Crippen LogP contribution >= 0.6 is 0 Å². The summed E-state index contributed by atoms with van der Waals surface area (Å²) < 4.78 is 0. The quantitative estimate of drug-likeness (QED) is 0.775. The Balaban J connectivity index is 1.78. The summed E-state index contributed by atoms with van der Waals surface area (Å²) in [5, 5.41) is 3.87. The number of aromatic amines is 1. The van der Waals surface area contributed by atoms with Crippen molar-refractivity contribution in [3.8, 4) is 0 Å².